The minimum absolute atomic E-state index is 0.974. The third kappa shape index (κ3) is 5.45. The highest BCUT2D eigenvalue weighted by atomic mass is 32.1. The number of nitrogens with zero attached hydrogens (tertiary/aromatic N) is 4. The zero-order chi connectivity index (χ0) is 34.4. The molecule has 0 aliphatic heterocycles. The predicted molar refractivity (Wildman–Crippen MR) is 219 cm³/mol. The molecule has 6 aromatic carbocycles. The Kier molecular flexibility index (Phi) is 7.29. The van der Waals surface area contributed by atoms with Gasteiger partial charge in [-0.1, -0.05) is 78.9 Å². The molecule has 244 valence electrons. The lowest BCUT2D eigenvalue weighted by molar-refractivity contribution is 1.28. The zero-order valence-electron chi connectivity index (χ0n) is 28.0. The monoisotopic (exact) mass is 682 g/mol. The number of hydrogen-bond acceptors (Lipinski definition) is 5. The van der Waals surface area contributed by atoms with Crippen LogP contribution in [0.4, 0.5) is 17.1 Å². The fourth-order valence-corrected chi connectivity index (χ4v) is 8.19. The smallest absolute Gasteiger partial charge is 0.125 e. The molecule has 0 unspecified atom stereocenters. The second kappa shape index (κ2) is 12.6. The molecular formula is C47H30N4S. The molecule has 10 rings (SSSR count). The molecule has 5 heteroatoms. The zero-order valence-corrected chi connectivity index (χ0v) is 28.8. The molecule has 0 atom stereocenters. The van der Waals surface area contributed by atoms with Gasteiger partial charge >= 0.3 is 0 Å². The van der Waals surface area contributed by atoms with Crippen LogP contribution in [-0.2, 0) is 0 Å². The van der Waals surface area contributed by atoms with Crippen LogP contribution in [0.1, 0.15) is 0 Å². The summed E-state index contributed by atoms with van der Waals surface area (Å²) in [5.74, 6) is 0. The largest absolute Gasteiger partial charge is 0.311 e. The normalized spacial score (nSPS) is 11.5. The topological polar surface area (TPSA) is 41.9 Å². The summed E-state index contributed by atoms with van der Waals surface area (Å²) in [5, 5.41) is 4.74. The number of hydrogen-bond donors (Lipinski definition) is 0. The molecular weight excluding hydrogens is 653 g/mol. The summed E-state index contributed by atoms with van der Waals surface area (Å²) < 4.78 is 1.26. The van der Waals surface area contributed by atoms with E-state index in [1.165, 1.54) is 26.6 Å². The summed E-state index contributed by atoms with van der Waals surface area (Å²) in [6.07, 6.45) is 3.68. The van der Waals surface area contributed by atoms with Crippen molar-refractivity contribution in [2.24, 2.45) is 0 Å². The van der Waals surface area contributed by atoms with Crippen molar-refractivity contribution in [3.8, 4) is 33.5 Å². The van der Waals surface area contributed by atoms with E-state index < -0.39 is 0 Å². The van der Waals surface area contributed by atoms with Crippen molar-refractivity contribution < 1.29 is 0 Å². The van der Waals surface area contributed by atoms with Crippen LogP contribution in [0.5, 0.6) is 0 Å². The molecule has 0 aliphatic carbocycles. The second-order valence-corrected chi connectivity index (χ2v) is 14.0. The van der Waals surface area contributed by atoms with Gasteiger partial charge in [0, 0.05) is 61.3 Å². The Morgan fingerprint density at radius 2 is 0.923 bits per heavy atom. The van der Waals surface area contributed by atoms with Crippen molar-refractivity contribution in [3.05, 3.63) is 182 Å². The van der Waals surface area contributed by atoms with Crippen LogP contribution in [0.3, 0.4) is 0 Å². The lowest BCUT2D eigenvalue weighted by Gasteiger charge is -2.26. The maximum absolute atomic E-state index is 5.09. The van der Waals surface area contributed by atoms with Crippen LogP contribution in [0, 0.1) is 0 Å². The van der Waals surface area contributed by atoms with E-state index in [2.05, 4.69) is 173 Å². The van der Waals surface area contributed by atoms with Gasteiger partial charge in [-0.3, -0.25) is 9.97 Å². The van der Waals surface area contributed by atoms with E-state index in [1.807, 2.05) is 24.5 Å². The summed E-state index contributed by atoms with van der Waals surface area (Å²) in [6, 6.07) is 60.3. The molecule has 0 radical (unpaired) electrons. The third-order valence-electron chi connectivity index (χ3n) is 9.79. The van der Waals surface area contributed by atoms with Gasteiger partial charge in [-0.05, 0) is 113 Å². The van der Waals surface area contributed by atoms with Crippen LogP contribution < -0.4 is 4.90 Å². The summed E-state index contributed by atoms with van der Waals surface area (Å²) >= 11 is 1.75. The van der Waals surface area contributed by atoms with E-state index in [9.17, 15) is 0 Å². The average molecular weight is 683 g/mol. The van der Waals surface area contributed by atoms with Crippen molar-refractivity contribution in [2.45, 2.75) is 0 Å². The minimum atomic E-state index is 0.974. The molecule has 4 heterocycles. The summed E-state index contributed by atoms with van der Waals surface area (Å²) in [5.41, 5.74) is 11.9. The first-order valence-corrected chi connectivity index (χ1v) is 18.1. The Balaban J connectivity index is 1.02. The Hall–Kier alpha value is -6.69. The molecule has 0 aliphatic rings. The fraction of sp³-hybridized carbons (Fsp3) is 0. The van der Waals surface area contributed by atoms with E-state index in [0.717, 1.165) is 66.1 Å². The first kappa shape index (κ1) is 30.2. The van der Waals surface area contributed by atoms with E-state index in [1.54, 1.807) is 11.3 Å². The molecule has 4 aromatic heterocycles. The van der Waals surface area contributed by atoms with Gasteiger partial charge in [0.2, 0.25) is 0 Å². The van der Waals surface area contributed by atoms with E-state index >= 15 is 0 Å². The van der Waals surface area contributed by atoms with E-state index in [-0.39, 0.29) is 0 Å². The van der Waals surface area contributed by atoms with Crippen LogP contribution in [0.15, 0.2) is 182 Å². The number of aromatic nitrogens is 3. The highest BCUT2D eigenvalue weighted by Gasteiger charge is 2.15. The highest BCUT2D eigenvalue weighted by molar-refractivity contribution is 7.25. The van der Waals surface area contributed by atoms with Crippen molar-refractivity contribution in [1.29, 1.82) is 0 Å². The van der Waals surface area contributed by atoms with Crippen molar-refractivity contribution in [2.75, 3.05) is 4.90 Å². The molecule has 0 fully saturated rings. The predicted octanol–water partition coefficient (Wildman–Crippen LogP) is 13.0. The van der Waals surface area contributed by atoms with Gasteiger partial charge in [0.25, 0.3) is 0 Å². The quantitative estimate of drug-likeness (QED) is 0.175. The Morgan fingerprint density at radius 1 is 0.404 bits per heavy atom. The SMILES string of the molecule is c1cnc2ccc(-c3ccc(N(c4ccc(-c5ccc6ncccc6c5)cc4)c4ccc(-c5ccc6c(n5)sc5ccccc56)cc4)cc3)cc2c1. The maximum atomic E-state index is 5.09. The Morgan fingerprint density at radius 3 is 1.50 bits per heavy atom. The van der Waals surface area contributed by atoms with Crippen LogP contribution in [-0.4, -0.2) is 15.0 Å². The van der Waals surface area contributed by atoms with E-state index in [0.29, 0.717) is 0 Å². The first-order chi connectivity index (χ1) is 25.7. The molecule has 10 aromatic rings. The van der Waals surface area contributed by atoms with Gasteiger partial charge in [0.05, 0.1) is 16.7 Å². The number of benzene rings is 6. The average Bonchev–Trinajstić information content (AvgIpc) is 3.59. The molecule has 0 saturated heterocycles. The molecule has 52 heavy (non-hydrogen) atoms. The number of fused-ring (bicyclic) bond motifs is 5. The molecule has 0 saturated carbocycles. The van der Waals surface area contributed by atoms with Crippen LogP contribution >= 0.6 is 11.3 Å². The first-order valence-electron chi connectivity index (χ1n) is 17.3. The van der Waals surface area contributed by atoms with Gasteiger partial charge in [-0.25, -0.2) is 4.98 Å². The Labute approximate surface area is 305 Å². The highest BCUT2D eigenvalue weighted by Crippen LogP contribution is 2.39. The number of pyridine rings is 3. The summed E-state index contributed by atoms with van der Waals surface area (Å²) in [7, 11) is 0. The second-order valence-electron chi connectivity index (χ2n) is 12.9. The summed E-state index contributed by atoms with van der Waals surface area (Å²) in [6.45, 7) is 0. The van der Waals surface area contributed by atoms with Crippen molar-refractivity contribution in [3.63, 3.8) is 0 Å². The van der Waals surface area contributed by atoms with Crippen LogP contribution in [0.25, 0.3) is 75.6 Å². The summed E-state index contributed by atoms with van der Waals surface area (Å²) in [4.78, 5) is 17.5. The van der Waals surface area contributed by atoms with Gasteiger partial charge in [-0.2, -0.15) is 0 Å². The lowest BCUT2D eigenvalue weighted by atomic mass is 10.0. The molecule has 0 bridgehead atoms. The fourth-order valence-electron chi connectivity index (χ4n) is 7.11. The Bertz CT molecular complexity index is 2770. The van der Waals surface area contributed by atoms with Crippen molar-refractivity contribution >= 4 is 70.5 Å². The number of rotatable bonds is 6. The lowest BCUT2D eigenvalue weighted by Crippen LogP contribution is -2.09. The number of thiophene rings is 1. The standard InChI is InChI=1S/C47H30N4S/c1-2-8-46-41(7-1)42-23-26-45(50-47(42)52-46)33-13-21-40(22-14-33)51(38-17-9-31(10-18-38)34-15-24-43-36(29-34)5-3-27-48-43)39-19-11-32(12-20-39)35-16-25-44-37(30-35)6-4-28-49-44/h1-30H. The molecule has 4 nitrogen and oxygen atoms in total. The van der Waals surface area contributed by atoms with Gasteiger partial charge in [0.15, 0.2) is 0 Å². The number of anilines is 3. The third-order valence-corrected chi connectivity index (χ3v) is 10.9. The molecule has 0 amide bonds. The van der Waals surface area contributed by atoms with Gasteiger partial charge in [0.1, 0.15) is 4.83 Å². The molecule has 0 N–H and O–H groups in total. The van der Waals surface area contributed by atoms with Crippen molar-refractivity contribution in [1.82, 2.24) is 15.0 Å². The van der Waals surface area contributed by atoms with Gasteiger partial charge < -0.3 is 4.90 Å². The van der Waals surface area contributed by atoms with Gasteiger partial charge in [-0.15, -0.1) is 11.3 Å². The maximum Gasteiger partial charge on any atom is 0.125 e. The minimum Gasteiger partial charge on any atom is -0.311 e. The molecule has 0 spiro atoms. The van der Waals surface area contributed by atoms with Crippen LogP contribution in [0.2, 0.25) is 0 Å². The van der Waals surface area contributed by atoms with E-state index in [4.69, 9.17) is 4.98 Å².